The molecule has 2 aliphatic heterocycles. The van der Waals surface area contributed by atoms with Crippen LogP contribution in [-0.4, -0.2) is 46.4 Å². The molecule has 2 aromatic carbocycles. The summed E-state index contributed by atoms with van der Waals surface area (Å²) < 4.78 is 65.5. The maximum absolute atomic E-state index is 15.1. The Kier molecular flexibility index (Phi) is 6.10. The fourth-order valence-electron chi connectivity index (χ4n) is 4.68. The van der Waals surface area contributed by atoms with E-state index in [0.717, 1.165) is 29.1 Å². The summed E-state index contributed by atoms with van der Waals surface area (Å²) in [5.74, 6) is -2.88. The van der Waals surface area contributed by atoms with E-state index >= 15 is 4.39 Å². The van der Waals surface area contributed by atoms with Crippen molar-refractivity contribution >= 4 is 35.1 Å². The Balaban J connectivity index is 1.49. The highest BCUT2D eigenvalue weighted by molar-refractivity contribution is 6.31. The molecular weight excluding hydrogens is 522 g/mol. The molecule has 0 radical (unpaired) electrons. The van der Waals surface area contributed by atoms with Crippen molar-refractivity contribution in [1.29, 1.82) is 0 Å². The Morgan fingerprint density at radius 2 is 2.05 bits per heavy atom. The van der Waals surface area contributed by atoms with Crippen molar-refractivity contribution in [1.82, 2.24) is 14.7 Å². The van der Waals surface area contributed by atoms with E-state index in [4.69, 9.17) is 22.1 Å². The first-order valence-electron chi connectivity index (χ1n) is 11.0. The molecule has 3 heterocycles. The number of piperidine rings is 1. The summed E-state index contributed by atoms with van der Waals surface area (Å²) in [5, 5.41) is 6.23. The average Bonchev–Trinajstić information content (AvgIpc) is 3.22. The van der Waals surface area contributed by atoms with Crippen molar-refractivity contribution in [2.75, 3.05) is 24.1 Å². The minimum Gasteiger partial charge on any atom is -0.436 e. The second-order valence-electron chi connectivity index (χ2n) is 8.47. The molecule has 0 bridgehead atoms. The number of likely N-dealkylation sites (tertiary alicyclic amines) is 1. The molecule has 1 aromatic heterocycles. The van der Waals surface area contributed by atoms with Crippen molar-refractivity contribution in [3.8, 4) is 11.4 Å². The number of hydrogen-bond donors (Lipinski definition) is 2. The maximum Gasteiger partial charge on any atom is 0.412 e. The molecular formula is C23H18ClF4N5O4. The lowest BCUT2D eigenvalue weighted by Crippen LogP contribution is -2.53. The van der Waals surface area contributed by atoms with Gasteiger partial charge in [-0.15, -0.1) is 0 Å². The highest BCUT2D eigenvalue weighted by Crippen LogP contribution is 2.45. The molecule has 0 saturated carbocycles. The van der Waals surface area contributed by atoms with E-state index in [1.807, 2.05) is 0 Å². The molecule has 0 unspecified atom stereocenters. The van der Waals surface area contributed by atoms with E-state index in [1.165, 1.54) is 17.0 Å². The SMILES string of the molecule is Nc1c(C(=O)N2CCC[C@@]3(C2)OC(=O)Nc2ccc(Cl)c(F)c23)cnn1-c1cc(F)ccc1OC(F)F. The smallest absolute Gasteiger partial charge is 0.412 e. The molecule has 2 aliphatic rings. The van der Waals surface area contributed by atoms with Crippen LogP contribution in [0.2, 0.25) is 5.02 Å². The van der Waals surface area contributed by atoms with E-state index < -0.39 is 41.6 Å². The zero-order valence-corrected chi connectivity index (χ0v) is 19.6. The van der Waals surface area contributed by atoms with Gasteiger partial charge in [-0.05, 0) is 37.1 Å². The molecule has 1 fully saturated rings. The van der Waals surface area contributed by atoms with Gasteiger partial charge >= 0.3 is 12.7 Å². The Bertz CT molecular complexity index is 1420. The van der Waals surface area contributed by atoms with Crippen LogP contribution in [0.15, 0.2) is 36.5 Å². The third-order valence-electron chi connectivity index (χ3n) is 6.22. The molecule has 1 spiro atoms. The Morgan fingerprint density at radius 1 is 1.27 bits per heavy atom. The van der Waals surface area contributed by atoms with Gasteiger partial charge in [0, 0.05) is 12.6 Å². The van der Waals surface area contributed by atoms with Crippen molar-refractivity contribution in [3.05, 3.63) is 64.3 Å². The fraction of sp³-hybridized carbons (Fsp3) is 0.261. The molecule has 3 aromatic rings. The van der Waals surface area contributed by atoms with Gasteiger partial charge in [-0.1, -0.05) is 11.6 Å². The van der Waals surface area contributed by atoms with Crippen molar-refractivity contribution in [2.45, 2.75) is 25.1 Å². The molecule has 1 atom stereocenters. The average molecular weight is 540 g/mol. The van der Waals surface area contributed by atoms with Gasteiger partial charge in [0.25, 0.3) is 5.91 Å². The number of anilines is 2. The largest absolute Gasteiger partial charge is 0.436 e. The number of alkyl halides is 2. The molecule has 0 aliphatic carbocycles. The topological polar surface area (TPSA) is 112 Å². The molecule has 14 heteroatoms. The summed E-state index contributed by atoms with van der Waals surface area (Å²) in [6.07, 6.45) is 0.847. The van der Waals surface area contributed by atoms with Gasteiger partial charge in [-0.2, -0.15) is 13.9 Å². The van der Waals surface area contributed by atoms with Crippen LogP contribution in [-0.2, 0) is 10.3 Å². The second-order valence-corrected chi connectivity index (χ2v) is 8.88. The summed E-state index contributed by atoms with van der Waals surface area (Å²) in [7, 11) is 0. The van der Waals surface area contributed by atoms with E-state index in [0.29, 0.717) is 6.42 Å². The lowest BCUT2D eigenvalue weighted by Gasteiger charge is -2.45. The molecule has 1 saturated heterocycles. The third kappa shape index (κ3) is 4.28. The monoisotopic (exact) mass is 539 g/mol. The maximum atomic E-state index is 15.1. The summed E-state index contributed by atoms with van der Waals surface area (Å²) in [6.45, 7) is -3.20. The zero-order valence-electron chi connectivity index (χ0n) is 18.8. The second kappa shape index (κ2) is 9.14. The summed E-state index contributed by atoms with van der Waals surface area (Å²) in [5.41, 5.74) is 4.44. The number of nitrogens with zero attached hydrogens (tertiary/aromatic N) is 3. The summed E-state index contributed by atoms with van der Waals surface area (Å²) in [6, 6.07) is 5.53. The van der Waals surface area contributed by atoms with E-state index in [9.17, 15) is 22.8 Å². The fourth-order valence-corrected chi connectivity index (χ4v) is 4.84. The van der Waals surface area contributed by atoms with Gasteiger partial charge in [0.05, 0.1) is 29.0 Å². The van der Waals surface area contributed by atoms with Gasteiger partial charge in [0.15, 0.2) is 17.2 Å². The minimum absolute atomic E-state index is 0.0225. The highest BCUT2D eigenvalue weighted by Gasteiger charge is 2.49. The van der Waals surface area contributed by atoms with Crippen LogP contribution in [0.3, 0.4) is 0 Å². The van der Waals surface area contributed by atoms with Crippen LogP contribution in [0, 0.1) is 11.6 Å². The number of benzene rings is 2. The Hall–Kier alpha value is -4.00. The standard InChI is InChI=1S/C23H18ClF4N5O4/c24-13-3-4-14-17(18(13)26)23(37-22(35)31-14)6-1-7-32(10-23)20(34)12-9-30-33(19(12)29)15-8-11(25)2-5-16(15)36-21(27)28/h2-5,8-9,21H,1,6-7,10,29H2,(H,31,35)/t23-/m0/s1. The number of hydrogen-bond acceptors (Lipinski definition) is 6. The number of carbonyl (C=O) groups excluding carboxylic acids is 2. The lowest BCUT2D eigenvalue weighted by atomic mass is 9.83. The van der Waals surface area contributed by atoms with Crippen LogP contribution in [0.25, 0.3) is 5.69 Å². The first-order valence-corrected chi connectivity index (χ1v) is 11.3. The number of halogens is 5. The van der Waals surface area contributed by atoms with Crippen molar-refractivity contribution < 1.29 is 36.6 Å². The number of carbonyl (C=O) groups is 2. The summed E-state index contributed by atoms with van der Waals surface area (Å²) >= 11 is 5.98. The Labute approximate surface area is 211 Å². The van der Waals surface area contributed by atoms with E-state index in [-0.39, 0.29) is 52.9 Å². The van der Waals surface area contributed by atoms with Crippen LogP contribution >= 0.6 is 11.6 Å². The molecule has 9 nitrogen and oxygen atoms in total. The predicted molar refractivity (Wildman–Crippen MR) is 123 cm³/mol. The number of nitrogen functional groups attached to an aromatic ring is 1. The number of aromatic nitrogens is 2. The number of rotatable bonds is 4. The molecule has 3 N–H and O–H groups in total. The Morgan fingerprint density at radius 3 is 2.81 bits per heavy atom. The molecule has 194 valence electrons. The first kappa shape index (κ1) is 24.7. The van der Waals surface area contributed by atoms with Crippen LogP contribution < -0.4 is 15.8 Å². The number of amides is 2. The first-order chi connectivity index (χ1) is 17.6. The van der Waals surface area contributed by atoms with Gasteiger partial charge in [-0.3, -0.25) is 10.1 Å². The number of ether oxygens (including phenoxy) is 2. The summed E-state index contributed by atoms with van der Waals surface area (Å²) in [4.78, 5) is 27.0. The van der Waals surface area contributed by atoms with Crippen molar-refractivity contribution in [2.24, 2.45) is 0 Å². The predicted octanol–water partition coefficient (Wildman–Crippen LogP) is 4.68. The van der Waals surface area contributed by atoms with Crippen LogP contribution in [0.5, 0.6) is 5.75 Å². The van der Waals surface area contributed by atoms with Gasteiger partial charge in [0.1, 0.15) is 22.9 Å². The van der Waals surface area contributed by atoms with Gasteiger partial charge < -0.3 is 20.1 Å². The zero-order chi connectivity index (χ0) is 26.5. The number of nitrogens with two attached hydrogens (primary N) is 1. The molecule has 37 heavy (non-hydrogen) atoms. The number of fused-ring (bicyclic) bond motifs is 2. The molecule has 5 rings (SSSR count). The third-order valence-corrected chi connectivity index (χ3v) is 6.51. The van der Waals surface area contributed by atoms with E-state index in [1.54, 1.807) is 0 Å². The lowest BCUT2D eigenvalue weighted by molar-refractivity contribution is -0.0499. The normalized spacial score (nSPS) is 19.0. The van der Waals surface area contributed by atoms with Crippen LogP contribution in [0.1, 0.15) is 28.8 Å². The minimum atomic E-state index is -3.20. The van der Waals surface area contributed by atoms with E-state index in [2.05, 4.69) is 15.2 Å². The van der Waals surface area contributed by atoms with Gasteiger partial charge in [-0.25, -0.2) is 18.3 Å². The van der Waals surface area contributed by atoms with Crippen molar-refractivity contribution in [3.63, 3.8) is 0 Å². The van der Waals surface area contributed by atoms with Crippen LogP contribution in [0.4, 0.5) is 33.9 Å². The van der Waals surface area contributed by atoms with Gasteiger partial charge in [0.2, 0.25) is 0 Å². The quantitative estimate of drug-likeness (QED) is 0.466. The highest BCUT2D eigenvalue weighted by atomic mass is 35.5. The molecule has 2 amide bonds. The number of nitrogens with one attached hydrogen (secondary N) is 1.